The number of carbonyl (C=O) groups is 1. The van der Waals surface area contributed by atoms with Gasteiger partial charge in [0.2, 0.25) is 5.91 Å². The van der Waals surface area contributed by atoms with E-state index in [2.05, 4.69) is 5.32 Å². The van der Waals surface area contributed by atoms with Gasteiger partial charge in [0.15, 0.2) is 0 Å². The van der Waals surface area contributed by atoms with Crippen LogP contribution in [-0.2, 0) is 4.79 Å². The molecule has 0 unspecified atom stereocenters. The first-order valence-corrected chi connectivity index (χ1v) is 6.11. The molecule has 1 amide bonds. The van der Waals surface area contributed by atoms with Gasteiger partial charge in [0, 0.05) is 22.5 Å². The fourth-order valence-corrected chi connectivity index (χ4v) is 1.78. The molecule has 4 heteroatoms. The van der Waals surface area contributed by atoms with Gasteiger partial charge in [0.25, 0.3) is 0 Å². The van der Waals surface area contributed by atoms with Crippen molar-refractivity contribution in [3.8, 4) is 0 Å². The van der Waals surface area contributed by atoms with E-state index in [1.54, 1.807) is 42.5 Å². The van der Waals surface area contributed by atoms with Crippen LogP contribution in [0.5, 0.6) is 0 Å². The van der Waals surface area contributed by atoms with Crippen LogP contribution in [0.25, 0.3) is 6.08 Å². The topological polar surface area (TPSA) is 55.1 Å². The molecular formula is C15H13ClN2O. The van der Waals surface area contributed by atoms with Gasteiger partial charge < -0.3 is 11.1 Å². The molecule has 19 heavy (non-hydrogen) atoms. The molecule has 0 spiro atoms. The predicted molar refractivity (Wildman–Crippen MR) is 80.0 cm³/mol. The minimum atomic E-state index is -0.218. The van der Waals surface area contributed by atoms with Gasteiger partial charge in [-0.1, -0.05) is 29.8 Å². The first-order valence-electron chi connectivity index (χ1n) is 5.74. The van der Waals surface area contributed by atoms with E-state index in [4.69, 9.17) is 17.3 Å². The number of amides is 1. The third kappa shape index (κ3) is 4.16. The van der Waals surface area contributed by atoms with Crippen molar-refractivity contribution in [3.05, 3.63) is 65.2 Å². The number of benzene rings is 2. The van der Waals surface area contributed by atoms with Crippen molar-refractivity contribution in [2.24, 2.45) is 0 Å². The van der Waals surface area contributed by atoms with Gasteiger partial charge in [-0.15, -0.1) is 0 Å². The monoisotopic (exact) mass is 272 g/mol. The average molecular weight is 273 g/mol. The van der Waals surface area contributed by atoms with Gasteiger partial charge >= 0.3 is 0 Å². The molecule has 96 valence electrons. The average Bonchev–Trinajstić information content (AvgIpc) is 2.36. The minimum Gasteiger partial charge on any atom is -0.399 e. The second-order valence-corrected chi connectivity index (χ2v) is 4.44. The highest BCUT2D eigenvalue weighted by molar-refractivity contribution is 6.30. The number of rotatable bonds is 3. The van der Waals surface area contributed by atoms with Crippen LogP contribution in [0.1, 0.15) is 5.56 Å². The Morgan fingerprint density at radius 3 is 2.68 bits per heavy atom. The van der Waals surface area contributed by atoms with E-state index in [-0.39, 0.29) is 5.91 Å². The summed E-state index contributed by atoms with van der Waals surface area (Å²) in [6.45, 7) is 0. The molecule has 2 aromatic carbocycles. The van der Waals surface area contributed by atoms with Crippen LogP contribution in [0.2, 0.25) is 5.02 Å². The van der Waals surface area contributed by atoms with Crippen LogP contribution >= 0.6 is 11.6 Å². The molecule has 0 saturated heterocycles. The van der Waals surface area contributed by atoms with Crippen LogP contribution in [0.4, 0.5) is 11.4 Å². The normalized spacial score (nSPS) is 10.6. The van der Waals surface area contributed by atoms with E-state index in [9.17, 15) is 4.79 Å². The Labute approximate surface area is 116 Å². The Kier molecular flexibility index (Phi) is 4.21. The Morgan fingerprint density at radius 2 is 1.95 bits per heavy atom. The maximum Gasteiger partial charge on any atom is 0.248 e. The summed E-state index contributed by atoms with van der Waals surface area (Å²) in [5.41, 5.74) is 7.86. The molecule has 2 rings (SSSR count). The van der Waals surface area contributed by atoms with Gasteiger partial charge in [-0.2, -0.15) is 0 Å². The fourth-order valence-electron chi connectivity index (χ4n) is 1.58. The maximum atomic E-state index is 11.7. The first-order chi connectivity index (χ1) is 9.13. The molecule has 3 N–H and O–H groups in total. The van der Waals surface area contributed by atoms with Crippen molar-refractivity contribution in [1.29, 1.82) is 0 Å². The summed E-state index contributed by atoms with van der Waals surface area (Å²) in [5, 5.41) is 3.31. The van der Waals surface area contributed by atoms with Crippen molar-refractivity contribution < 1.29 is 4.79 Å². The van der Waals surface area contributed by atoms with Crippen molar-refractivity contribution in [2.45, 2.75) is 0 Å². The quantitative estimate of drug-likeness (QED) is 0.663. The number of nitrogens with one attached hydrogen (secondary N) is 1. The molecule has 0 aliphatic heterocycles. The van der Waals surface area contributed by atoms with Crippen molar-refractivity contribution in [1.82, 2.24) is 0 Å². The second-order valence-electron chi connectivity index (χ2n) is 4.00. The Hall–Kier alpha value is -2.26. The summed E-state index contributed by atoms with van der Waals surface area (Å²) in [6.07, 6.45) is 3.16. The van der Waals surface area contributed by atoms with Crippen LogP contribution in [0, 0.1) is 0 Å². The SMILES string of the molecule is Nc1cccc(/C=C/C(=O)Nc2cccc(Cl)c2)c1. The molecule has 2 aromatic rings. The van der Waals surface area contributed by atoms with Gasteiger partial charge in [-0.05, 0) is 42.0 Å². The number of nitrogen functional groups attached to an aromatic ring is 1. The minimum absolute atomic E-state index is 0.218. The van der Waals surface area contributed by atoms with Gasteiger partial charge in [0.05, 0.1) is 0 Å². The number of carbonyl (C=O) groups excluding carboxylic acids is 1. The van der Waals surface area contributed by atoms with Gasteiger partial charge in [-0.3, -0.25) is 4.79 Å². The van der Waals surface area contributed by atoms with E-state index in [0.29, 0.717) is 16.4 Å². The highest BCUT2D eigenvalue weighted by Crippen LogP contribution is 2.15. The smallest absolute Gasteiger partial charge is 0.248 e. The number of hydrogen-bond acceptors (Lipinski definition) is 2. The van der Waals surface area contributed by atoms with Crippen molar-refractivity contribution >= 4 is 35.0 Å². The third-order valence-electron chi connectivity index (χ3n) is 2.43. The number of anilines is 2. The second kappa shape index (κ2) is 6.07. The fraction of sp³-hybridized carbons (Fsp3) is 0. The van der Waals surface area contributed by atoms with Gasteiger partial charge in [-0.25, -0.2) is 0 Å². The summed E-state index contributed by atoms with van der Waals surface area (Å²) >= 11 is 5.84. The molecule has 0 radical (unpaired) electrons. The lowest BCUT2D eigenvalue weighted by Crippen LogP contribution is -2.07. The van der Waals surface area contributed by atoms with Crippen LogP contribution < -0.4 is 11.1 Å². The van der Waals surface area contributed by atoms with Crippen LogP contribution in [0.3, 0.4) is 0 Å². The molecule has 0 heterocycles. The lowest BCUT2D eigenvalue weighted by molar-refractivity contribution is -0.111. The Bertz CT molecular complexity index is 623. The Morgan fingerprint density at radius 1 is 1.16 bits per heavy atom. The molecule has 0 aromatic heterocycles. The standard InChI is InChI=1S/C15H13ClN2O/c16-12-4-2-6-14(10-12)18-15(19)8-7-11-3-1-5-13(17)9-11/h1-10H,17H2,(H,18,19)/b8-7+. The predicted octanol–water partition coefficient (Wildman–Crippen LogP) is 3.57. The van der Waals surface area contributed by atoms with Crippen LogP contribution in [0.15, 0.2) is 54.6 Å². The highest BCUT2D eigenvalue weighted by Gasteiger charge is 1.98. The summed E-state index contributed by atoms with van der Waals surface area (Å²) in [4.78, 5) is 11.7. The summed E-state index contributed by atoms with van der Waals surface area (Å²) in [7, 11) is 0. The molecule has 0 bridgehead atoms. The number of nitrogens with two attached hydrogens (primary N) is 1. The molecule has 0 saturated carbocycles. The third-order valence-corrected chi connectivity index (χ3v) is 2.67. The molecular weight excluding hydrogens is 260 g/mol. The van der Waals surface area contributed by atoms with E-state index in [1.165, 1.54) is 6.08 Å². The largest absolute Gasteiger partial charge is 0.399 e. The summed E-state index contributed by atoms with van der Waals surface area (Å²) < 4.78 is 0. The van der Waals surface area contributed by atoms with E-state index >= 15 is 0 Å². The lowest BCUT2D eigenvalue weighted by Gasteiger charge is -2.02. The van der Waals surface area contributed by atoms with Crippen molar-refractivity contribution in [2.75, 3.05) is 11.1 Å². The zero-order valence-corrected chi connectivity index (χ0v) is 10.9. The van der Waals surface area contributed by atoms with Crippen LogP contribution in [-0.4, -0.2) is 5.91 Å². The van der Waals surface area contributed by atoms with E-state index in [0.717, 1.165) is 5.56 Å². The molecule has 0 fully saturated rings. The lowest BCUT2D eigenvalue weighted by atomic mass is 10.2. The summed E-state index contributed by atoms with van der Waals surface area (Å²) in [6, 6.07) is 14.3. The Balaban J connectivity index is 2.01. The van der Waals surface area contributed by atoms with E-state index < -0.39 is 0 Å². The zero-order valence-electron chi connectivity index (χ0n) is 10.1. The molecule has 0 aliphatic rings. The number of hydrogen-bond donors (Lipinski definition) is 2. The summed E-state index contributed by atoms with van der Waals surface area (Å²) in [5.74, 6) is -0.218. The van der Waals surface area contributed by atoms with E-state index in [1.807, 2.05) is 12.1 Å². The van der Waals surface area contributed by atoms with Gasteiger partial charge in [0.1, 0.15) is 0 Å². The van der Waals surface area contributed by atoms with Crippen molar-refractivity contribution in [3.63, 3.8) is 0 Å². The molecule has 3 nitrogen and oxygen atoms in total. The highest BCUT2D eigenvalue weighted by atomic mass is 35.5. The molecule has 0 aliphatic carbocycles. The molecule has 0 atom stereocenters. The zero-order chi connectivity index (χ0) is 13.7. The first kappa shape index (κ1) is 13.2. The number of halogens is 1. The maximum absolute atomic E-state index is 11.7.